The third kappa shape index (κ3) is 5.01. The number of benzene rings is 4. The van der Waals surface area contributed by atoms with Crippen molar-refractivity contribution in [2.75, 3.05) is 26.2 Å². The Bertz CT molecular complexity index is 1840. The second kappa shape index (κ2) is 11.3. The minimum atomic E-state index is -0.145. The molecule has 0 unspecified atom stereocenters. The van der Waals surface area contributed by atoms with Crippen LogP contribution in [0.15, 0.2) is 106 Å². The van der Waals surface area contributed by atoms with Crippen molar-refractivity contribution in [2.24, 2.45) is 0 Å². The third-order valence-corrected chi connectivity index (χ3v) is 8.29. The average molecular weight is 556 g/mol. The summed E-state index contributed by atoms with van der Waals surface area (Å²) in [6.45, 7) is 5.83. The molecule has 0 bridgehead atoms. The molecular formula is C37H33NO4. The van der Waals surface area contributed by atoms with Crippen molar-refractivity contribution < 1.29 is 18.4 Å². The summed E-state index contributed by atoms with van der Waals surface area (Å²) in [5.74, 6) is 1.79. The van der Waals surface area contributed by atoms with E-state index in [4.69, 9.17) is 13.6 Å². The standard InChI is InChI=1S/C37H33NO4/c1-25-30-23-31-33(42-37(28-13-7-3-8-14-28)34(31)26-11-5-2-6-12-26)24-32(30)41-36(25)35(39)27-15-17-29(18-16-27)40-22-21-38-19-9-4-10-20-38/h2-3,5-8,11-18,23-24H,4,9-10,19-22H2,1H3. The number of carbonyl (C=O) groups is 1. The minimum Gasteiger partial charge on any atom is -0.492 e. The summed E-state index contributed by atoms with van der Waals surface area (Å²) >= 11 is 0. The van der Waals surface area contributed by atoms with Crippen LogP contribution in [0.3, 0.4) is 0 Å². The van der Waals surface area contributed by atoms with E-state index in [1.54, 1.807) is 0 Å². The van der Waals surface area contributed by atoms with E-state index in [2.05, 4.69) is 35.2 Å². The summed E-state index contributed by atoms with van der Waals surface area (Å²) in [6, 6.07) is 31.8. The summed E-state index contributed by atoms with van der Waals surface area (Å²) < 4.78 is 18.6. The van der Waals surface area contributed by atoms with Crippen LogP contribution in [-0.2, 0) is 0 Å². The molecule has 1 aliphatic heterocycles. The average Bonchev–Trinajstić information content (AvgIpc) is 3.58. The SMILES string of the molecule is Cc1c(C(=O)c2ccc(OCCN3CCCCC3)cc2)oc2cc3oc(-c4ccccc4)c(-c4ccccc4)c3cc12. The van der Waals surface area contributed by atoms with Gasteiger partial charge in [-0.2, -0.15) is 0 Å². The first kappa shape index (κ1) is 26.3. The number of hydrogen-bond acceptors (Lipinski definition) is 5. The number of fused-ring (bicyclic) bond motifs is 2. The van der Waals surface area contributed by atoms with Crippen molar-refractivity contribution >= 4 is 27.7 Å². The molecule has 1 aliphatic rings. The quantitative estimate of drug-likeness (QED) is 0.176. The first-order chi connectivity index (χ1) is 20.7. The molecule has 210 valence electrons. The number of piperidine rings is 1. The lowest BCUT2D eigenvalue weighted by Gasteiger charge is -2.26. The zero-order valence-electron chi connectivity index (χ0n) is 23.8. The van der Waals surface area contributed by atoms with Crippen LogP contribution >= 0.6 is 0 Å². The van der Waals surface area contributed by atoms with Crippen molar-refractivity contribution in [1.29, 1.82) is 0 Å². The monoisotopic (exact) mass is 555 g/mol. The number of ketones is 1. The molecule has 0 N–H and O–H groups in total. The fourth-order valence-electron chi connectivity index (χ4n) is 6.02. The van der Waals surface area contributed by atoms with Crippen LogP contribution in [0.25, 0.3) is 44.4 Å². The zero-order chi connectivity index (χ0) is 28.5. The lowest BCUT2D eigenvalue weighted by Crippen LogP contribution is -2.33. The van der Waals surface area contributed by atoms with Gasteiger partial charge in [0.2, 0.25) is 5.78 Å². The van der Waals surface area contributed by atoms with Gasteiger partial charge < -0.3 is 13.6 Å². The molecule has 0 atom stereocenters. The van der Waals surface area contributed by atoms with Crippen LogP contribution < -0.4 is 4.74 Å². The number of rotatable bonds is 8. The Balaban J connectivity index is 1.19. The maximum absolute atomic E-state index is 13.6. The summed E-state index contributed by atoms with van der Waals surface area (Å²) in [4.78, 5) is 16.0. The Morgan fingerprint density at radius 2 is 1.43 bits per heavy atom. The molecule has 7 rings (SSSR count). The van der Waals surface area contributed by atoms with Crippen molar-refractivity contribution in [3.63, 3.8) is 0 Å². The molecule has 0 spiro atoms. The highest BCUT2D eigenvalue weighted by molar-refractivity contribution is 6.13. The molecule has 6 aromatic rings. The number of hydrogen-bond donors (Lipinski definition) is 0. The normalized spacial score (nSPS) is 14.0. The molecule has 0 saturated carbocycles. The maximum atomic E-state index is 13.6. The first-order valence-corrected chi connectivity index (χ1v) is 14.8. The van der Waals surface area contributed by atoms with E-state index in [1.807, 2.05) is 73.7 Å². The predicted octanol–water partition coefficient (Wildman–Crippen LogP) is 8.92. The summed E-state index contributed by atoms with van der Waals surface area (Å²) in [5, 5.41) is 1.89. The van der Waals surface area contributed by atoms with Crippen molar-refractivity contribution in [3.8, 4) is 28.2 Å². The molecule has 1 saturated heterocycles. The number of nitrogens with zero attached hydrogens (tertiary/aromatic N) is 1. The highest BCUT2D eigenvalue weighted by Crippen LogP contribution is 2.43. The Kier molecular flexibility index (Phi) is 7.10. The summed E-state index contributed by atoms with van der Waals surface area (Å²) in [5.41, 5.74) is 5.86. The molecule has 0 radical (unpaired) electrons. The highest BCUT2D eigenvalue weighted by atomic mass is 16.5. The number of furan rings is 2. The van der Waals surface area contributed by atoms with Crippen LogP contribution in [0, 0.1) is 6.92 Å². The third-order valence-electron chi connectivity index (χ3n) is 8.29. The van der Waals surface area contributed by atoms with Gasteiger partial charge in [-0.3, -0.25) is 9.69 Å². The Morgan fingerprint density at radius 1 is 0.762 bits per heavy atom. The highest BCUT2D eigenvalue weighted by Gasteiger charge is 2.23. The van der Waals surface area contributed by atoms with E-state index in [0.29, 0.717) is 23.5 Å². The van der Waals surface area contributed by atoms with Gasteiger partial charge in [-0.05, 0) is 68.8 Å². The first-order valence-electron chi connectivity index (χ1n) is 14.8. The van der Waals surface area contributed by atoms with Gasteiger partial charge in [0.05, 0.1) is 0 Å². The summed E-state index contributed by atoms with van der Waals surface area (Å²) in [6.07, 6.45) is 3.87. The molecule has 0 aliphatic carbocycles. The number of ether oxygens (including phenoxy) is 1. The van der Waals surface area contributed by atoms with Gasteiger partial charge in [-0.1, -0.05) is 67.1 Å². The van der Waals surface area contributed by atoms with Gasteiger partial charge >= 0.3 is 0 Å². The fraction of sp³-hybridized carbons (Fsp3) is 0.216. The molecule has 1 fully saturated rings. The zero-order valence-corrected chi connectivity index (χ0v) is 23.8. The topological polar surface area (TPSA) is 55.8 Å². The van der Waals surface area contributed by atoms with Crippen molar-refractivity contribution in [1.82, 2.24) is 4.90 Å². The number of aryl methyl sites for hydroxylation is 1. The Hall–Kier alpha value is -4.61. The Labute approximate surface area is 245 Å². The smallest absolute Gasteiger partial charge is 0.228 e. The molecule has 4 aromatic carbocycles. The number of carbonyl (C=O) groups excluding carboxylic acids is 1. The Morgan fingerprint density at radius 3 is 2.14 bits per heavy atom. The lowest BCUT2D eigenvalue weighted by molar-refractivity contribution is 0.101. The van der Waals surface area contributed by atoms with Crippen molar-refractivity contribution in [3.05, 3.63) is 114 Å². The van der Waals surface area contributed by atoms with Crippen LogP contribution in [0.1, 0.15) is 40.9 Å². The van der Waals surface area contributed by atoms with Crippen molar-refractivity contribution in [2.45, 2.75) is 26.2 Å². The van der Waals surface area contributed by atoms with E-state index in [0.717, 1.165) is 69.8 Å². The predicted molar refractivity (Wildman–Crippen MR) is 167 cm³/mol. The molecule has 5 nitrogen and oxygen atoms in total. The molecule has 3 heterocycles. The second-order valence-corrected chi connectivity index (χ2v) is 11.0. The van der Waals surface area contributed by atoms with Gasteiger partial charge in [0.1, 0.15) is 29.3 Å². The van der Waals surface area contributed by atoms with Gasteiger partial charge in [-0.25, -0.2) is 0 Å². The minimum absolute atomic E-state index is 0.145. The largest absolute Gasteiger partial charge is 0.492 e. The fourth-order valence-corrected chi connectivity index (χ4v) is 6.02. The molecule has 0 amide bonds. The van der Waals surface area contributed by atoms with Gasteiger partial charge in [0.15, 0.2) is 5.76 Å². The molecule has 5 heteroatoms. The number of likely N-dealkylation sites (tertiary alicyclic amines) is 1. The van der Waals surface area contributed by atoms with E-state index in [-0.39, 0.29) is 5.78 Å². The van der Waals surface area contributed by atoms with Crippen LogP contribution in [-0.4, -0.2) is 36.9 Å². The van der Waals surface area contributed by atoms with Gasteiger partial charge in [-0.15, -0.1) is 0 Å². The van der Waals surface area contributed by atoms with E-state index >= 15 is 0 Å². The lowest BCUT2D eigenvalue weighted by atomic mass is 9.97. The summed E-state index contributed by atoms with van der Waals surface area (Å²) in [7, 11) is 0. The van der Waals surface area contributed by atoms with Gasteiger partial charge in [0, 0.05) is 45.6 Å². The van der Waals surface area contributed by atoms with E-state index in [9.17, 15) is 4.79 Å². The van der Waals surface area contributed by atoms with E-state index in [1.165, 1.54) is 19.3 Å². The van der Waals surface area contributed by atoms with Crippen LogP contribution in [0.2, 0.25) is 0 Å². The molecular weight excluding hydrogens is 522 g/mol. The molecule has 42 heavy (non-hydrogen) atoms. The van der Waals surface area contributed by atoms with Crippen LogP contribution in [0.5, 0.6) is 5.75 Å². The second-order valence-electron chi connectivity index (χ2n) is 11.0. The molecule has 2 aromatic heterocycles. The maximum Gasteiger partial charge on any atom is 0.228 e. The van der Waals surface area contributed by atoms with Gasteiger partial charge in [0.25, 0.3) is 0 Å². The van der Waals surface area contributed by atoms with E-state index < -0.39 is 0 Å². The van der Waals surface area contributed by atoms with Crippen LogP contribution in [0.4, 0.5) is 0 Å².